The van der Waals surface area contributed by atoms with E-state index in [0.717, 1.165) is 39.9 Å². The molecule has 0 aliphatic heterocycles. The largest absolute Gasteiger partial charge is 0.497 e. The molecule has 0 unspecified atom stereocenters. The topological polar surface area (TPSA) is 29.9 Å². The van der Waals surface area contributed by atoms with Crippen molar-refractivity contribution in [2.24, 2.45) is 11.8 Å². The number of ether oxygens (including phenoxy) is 1. The predicted molar refractivity (Wildman–Crippen MR) is 89.4 cm³/mol. The van der Waals surface area contributed by atoms with Crippen molar-refractivity contribution in [1.82, 2.24) is 9.55 Å². The van der Waals surface area contributed by atoms with Crippen LogP contribution in [0.1, 0.15) is 39.0 Å². The third-order valence-corrected chi connectivity index (χ3v) is 5.20. The van der Waals surface area contributed by atoms with E-state index in [-0.39, 0.29) is 0 Å². The van der Waals surface area contributed by atoms with E-state index in [1.807, 2.05) is 12.1 Å². The van der Waals surface area contributed by atoms with Gasteiger partial charge in [-0.1, -0.05) is 32.6 Å². The van der Waals surface area contributed by atoms with Crippen molar-refractivity contribution in [2.45, 2.75) is 45.6 Å². The highest BCUT2D eigenvalue weighted by Gasteiger charge is 2.18. The van der Waals surface area contributed by atoms with Gasteiger partial charge in [-0.25, -0.2) is 0 Å². The number of benzene rings is 1. The van der Waals surface area contributed by atoms with Gasteiger partial charge in [0.25, 0.3) is 0 Å². The molecule has 1 heterocycles. The summed E-state index contributed by atoms with van der Waals surface area (Å²) in [5, 5.41) is 0. The number of methoxy groups -OCH3 is 1. The van der Waals surface area contributed by atoms with Gasteiger partial charge in [0.15, 0.2) is 4.77 Å². The van der Waals surface area contributed by atoms with Crippen LogP contribution in [-0.2, 0) is 6.54 Å². The Kier molecular flexibility index (Phi) is 4.34. The summed E-state index contributed by atoms with van der Waals surface area (Å²) in [7, 11) is 1.70. The van der Waals surface area contributed by atoms with Gasteiger partial charge in [0.1, 0.15) is 5.75 Å². The Labute approximate surface area is 131 Å². The number of imidazole rings is 1. The first-order valence-corrected chi connectivity index (χ1v) is 8.34. The molecule has 4 heteroatoms. The fourth-order valence-electron chi connectivity index (χ4n) is 3.41. The van der Waals surface area contributed by atoms with E-state index < -0.39 is 0 Å². The summed E-state index contributed by atoms with van der Waals surface area (Å²) in [5.74, 6) is 2.66. The average Bonchev–Trinajstić information content (AvgIpc) is 2.81. The second-order valence-electron chi connectivity index (χ2n) is 6.38. The lowest BCUT2D eigenvalue weighted by atomic mass is 9.81. The third-order valence-electron chi connectivity index (χ3n) is 4.88. The van der Waals surface area contributed by atoms with Crippen LogP contribution < -0.4 is 4.74 Å². The molecule has 3 nitrogen and oxygen atoms in total. The van der Waals surface area contributed by atoms with Crippen LogP contribution in [0, 0.1) is 16.6 Å². The normalized spacial score (nSPS) is 22.6. The van der Waals surface area contributed by atoms with Crippen molar-refractivity contribution < 1.29 is 4.74 Å². The second kappa shape index (κ2) is 6.22. The number of aryl methyl sites for hydroxylation is 1. The molecule has 0 saturated heterocycles. The molecule has 3 rings (SSSR count). The number of nitrogens with zero attached hydrogens (tertiary/aromatic N) is 1. The molecule has 0 amide bonds. The molecule has 0 bridgehead atoms. The molecule has 1 aromatic heterocycles. The monoisotopic (exact) mass is 304 g/mol. The maximum absolute atomic E-state index is 5.48. The lowest BCUT2D eigenvalue weighted by molar-refractivity contribution is 0.269. The summed E-state index contributed by atoms with van der Waals surface area (Å²) in [6, 6.07) is 6.09. The van der Waals surface area contributed by atoms with Gasteiger partial charge >= 0.3 is 0 Å². The summed E-state index contributed by atoms with van der Waals surface area (Å²) < 4.78 is 8.38. The van der Waals surface area contributed by atoms with Crippen molar-refractivity contribution in [3.8, 4) is 5.75 Å². The number of hydrogen-bond acceptors (Lipinski definition) is 2. The number of hydrogen-bond donors (Lipinski definition) is 1. The Hall–Kier alpha value is -1.29. The molecular weight excluding hydrogens is 280 g/mol. The first-order chi connectivity index (χ1) is 10.2. The number of aromatic amines is 1. The molecule has 1 aromatic carbocycles. The zero-order valence-electron chi connectivity index (χ0n) is 12.9. The maximum atomic E-state index is 5.48. The molecular formula is C17H24N2OS. The van der Waals surface area contributed by atoms with Gasteiger partial charge in [-0.15, -0.1) is 0 Å². The van der Waals surface area contributed by atoms with Crippen LogP contribution in [0.2, 0.25) is 0 Å². The molecule has 1 N–H and O–H groups in total. The number of nitrogens with one attached hydrogen (secondary N) is 1. The minimum Gasteiger partial charge on any atom is -0.497 e. The summed E-state index contributed by atoms with van der Waals surface area (Å²) in [6.07, 6.45) is 6.75. The van der Waals surface area contributed by atoms with Crippen LogP contribution in [0.3, 0.4) is 0 Å². The quantitative estimate of drug-likeness (QED) is 0.812. The van der Waals surface area contributed by atoms with Gasteiger partial charge < -0.3 is 14.3 Å². The first kappa shape index (κ1) is 14.6. The van der Waals surface area contributed by atoms with Gasteiger partial charge in [-0.2, -0.15) is 0 Å². The van der Waals surface area contributed by atoms with Crippen molar-refractivity contribution in [3.63, 3.8) is 0 Å². The predicted octanol–water partition coefficient (Wildman–Crippen LogP) is 4.92. The number of rotatable bonds is 4. The summed E-state index contributed by atoms with van der Waals surface area (Å²) in [6.45, 7) is 3.38. The van der Waals surface area contributed by atoms with Gasteiger partial charge in [-0.05, 0) is 42.6 Å². The van der Waals surface area contributed by atoms with Crippen molar-refractivity contribution in [2.75, 3.05) is 7.11 Å². The first-order valence-electron chi connectivity index (χ1n) is 7.94. The van der Waals surface area contributed by atoms with E-state index in [4.69, 9.17) is 17.0 Å². The number of fused-ring (bicyclic) bond motifs is 1. The van der Waals surface area contributed by atoms with E-state index in [1.54, 1.807) is 7.11 Å². The van der Waals surface area contributed by atoms with Gasteiger partial charge in [0.05, 0.1) is 18.1 Å². The molecule has 1 aliphatic carbocycles. The minimum absolute atomic E-state index is 0.822. The summed E-state index contributed by atoms with van der Waals surface area (Å²) in [4.78, 5) is 3.30. The molecule has 2 aromatic rings. The van der Waals surface area contributed by atoms with Crippen LogP contribution in [0.15, 0.2) is 18.2 Å². The maximum Gasteiger partial charge on any atom is 0.178 e. The zero-order valence-corrected chi connectivity index (χ0v) is 13.7. The van der Waals surface area contributed by atoms with Gasteiger partial charge in [0.2, 0.25) is 0 Å². The van der Waals surface area contributed by atoms with Crippen LogP contribution in [0.4, 0.5) is 0 Å². The fraction of sp³-hybridized carbons (Fsp3) is 0.588. The van der Waals surface area contributed by atoms with Crippen LogP contribution in [0.25, 0.3) is 11.0 Å². The Bertz CT molecular complexity index is 665. The standard InChI is InChI=1S/C17H24N2OS/c1-12-3-5-13(6-4-12)9-10-19-16-11-14(20-2)7-8-15(16)18-17(19)21/h7-8,11-13H,3-6,9-10H2,1-2H3,(H,18,21). The van der Waals surface area contributed by atoms with Crippen LogP contribution in [0.5, 0.6) is 5.75 Å². The molecule has 0 atom stereocenters. The fourth-order valence-corrected chi connectivity index (χ4v) is 3.71. The van der Waals surface area contributed by atoms with E-state index in [1.165, 1.54) is 32.1 Å². The smallest absolute Gasteiger partial charge is 0.178 e. The molecule has 0 radical (unpaired) electrons. The molecule has 1 aliphatic rings. The molecule has 21 heavy (non-hydrogen) atoms. The molecule has 0 spiro atoms. The highest BCUT2D eigenvalue weighted by atomic mass is 32.1. The van der Waals surface area contributed by atoms with E-state index >= 15 is 0 Å². The highest BCUT2D eigenvalue weighted by molar-refractivity contribution is 7.71. The van der Waals surface area contributed by atoms with E-state index in [2.05, 4.69) is 22.5 Å². The zero-order chi connectivity index (χ0) is 14.8. The van der Waals surface area contributed by atoms with Crippen LogP contribution in [-0.4, -0.2) is 16.7 Å². The van der Waals surface area contributed by atoms with Crippen LogP contribution >= 0.6 is 12.2 Å². The molecule has 114 valence electrons. The Morgan fingerprint density at radius 1 is 1.29 bits per heavy atom. The van der Waals surface area contributed by atoms with E-state index in [0.29, 0.717) is 0 Å². The van der Waals surface area contributed by atoms with Gasteiger partial charge in [-0.3, -0.25) is 0 Å². The summed E-state index contributed by atoms with van der Waals surface area (Å²) >= 11 is 5.48. The Morgan fingerprint density at radius 2 is 2.05 bits per heavy atom. The van der Waals surface area contributed by atoms with Crippen molar-refractivity contribution >= 4 is 23.3 Å². The SMILES string of the molecule is COc1ccc2[nH]c(=S)n(CCC3CCC(C)CC3)c2c1. The average molecular weight is 304 g/mol. The Morgan fingerprint density at radius 3 is 2.76 bits per heavy atom. The number of aromatic nitrogens is 2. The number of H-pyrrole nitrogens is 1. The second-order valence-corrected chi connectivity index (χ2v) is 6.77. The summed E-state index contributed by atoms with van der Waals surface area (Å²) in [5.41, 5.74) is 2.25. The Balaban J connectivity index is 1.77. The van der Waals surface area contributed by atoms with Gasteiger partial charge in [0, 0.05) is 12.6 Å². The lowest BCUT2D eigenvalue weighted by Gasteiger charge is -2.26. The molecule has 1 saturated carbocycles. The van der Waals surface area contributed by atoms with E-state index in [9.17, 15) is 0 Å². The van der Waals surface area contributed by atoms with Crippen molar-refractivity contribution in [3.05, 3.63) is 23.0 Å². The lowest BCUT2D eigenvalue weighted by Crippen LogP contribution is -2.14. The highest BCUT2D eigenvalue weighted by Crippen LogP contribution is 2.31. The third kappa shape index (κ3) is 3.15. The van der Waals surface area contributed by atoms with Crippen molar-refractivity contribution in [1.29, 1.82) is 0 Å². The molecule has 1 fully saturated rings. The minimum atomic E-state index is 0.822.